The lowest BCUT2D eigenvalue weighted by Crippen LogP contribution is -2.48. The van der Waals surface area contributed by atoms with Crippen LogP contribution in [0.5, 0.6) is 5.75 Å². The maximum atomic E-state index is 13.0. The Morgan fingerprint density at radius 3 is 2.63 bits per heavy atom. The molecule has 2 aromatic heterocycles. The molecule has 0 atom stereocenters. The number of fused-ring (bicyclic) bond motifs is 2. The lowest BCUT2D eigenvalue weighted by atomic mass is 10.2. The second-order valence-corrected chi connectivity index (χ2v) is 7.75. The Morgan fingerprint density at radius 2 is 1.87 bits per heavy atom. The zero-order chi connectivity index (χ0) is 20.7. The Labute approximate surface area is 178 Å². The van der Waals surface area contributed by atoms with Gasteiger partial charge in [0.25, 0.3) is 5.91 Å². The first kappa shape index (κ1) is 18.8. The topological polar surface area (TPSA) is 58.8 Å². The van der Waals surface area contributed by atoms with Crippen LogP contribution in [0.3, 0.4) is 0 Å². The smallest absolute Gasteiger partial charge is 0.289 e. The summed E-state index contributed by atoms with van der Waals surface area (Å²) in [5.41, 5.74) is 2.30. The predicted molar refractivity (Wildman–Crippen MR) is 118 cm³/mol. The maximum Gasteiger partial charge on any atom is 0.289 e. The standard InChI is InChI=1S/C23H20ClN3O3/c1-29-19-6-5-15-11-16-12-21(30-22(16)25-20(15)14-19)23(28)27-9-7-26(8-10-27)18-4-2-3-17(24)13-18/h2-6,11-14H,7-10H2,1H3. The number of amides is 1. The van der Waals surface area contributed by atoms with Gasteiger partial charge in [-0.05, 0) is 42.5 Å². The highest BCUT2D eigenvalue weighted by Crippen LogP contribution is 2.27. The molecule has 4 aromatic rings. The molecule has 0 unspecified atom stereocenters. The first-order valence-electron chi connectivity index (χ1n) is 9.79. The number of aromatic nitrogens is 1. The largest absolute Gasteiger partial charge is 0.497 e. The molecule has 152 valence electrons. The van der Waals surface area contributed by atoms with Crippen molar-refractivity contribution in [3.05, 3.63) is 65.4 Å². The number of ether oxygens (including phenoxy) is 1. The summed E-state index contributed by atoms with van der Waals surface area (Å²) in [5.74, 6) is 0.936. The Morgan fingerprint density at radius 1 is 1.03 bits per heavy atom. The van der Waals surface area contributed by atoms with Gasteiger partial charge in [0, 0.05) is 53.7 Å². The van der Waals surface area contributed by atoms with Crippen molar-refractivity contribution in [3.63, 3.8) is 0 Å². The van der Waals surface area contributed by atoms with Gasteiger partial charge in [0.05, 0.1) is 12.6 Å². The highest BCUT2D eigenvalue weighted by atomic mass is 35.5. The molecule has 0 radical (unpaired) electrons. The minimum Gasteiger partial charge on any atom is -0.497 e. The van der Waals surface area contributed by atoms with Gasteiger partial charge in [-0.25, -0.2) is 4.98 Å². The molecule has 1 fully saturated rings. The SMILES string of the molecule is COc1ccc2cc3cc(C(=O)N4CCN(c5cccc(Cl)c5)CC4)oc3nc2c1. The van der Waals surface area contributed by atoms with E-state index in [1.165, 1.54) is 0 Å². The molecule has 1 amide bonds. The highest BCUT2D eigenvalue weighted by Gasteiger charge is 2.25. The Bertz CT molecular complexity index is 1250. The van der Waals surface area contributed by atoms with Crippen LogP contribution in [-0.2, 0) is 0 Å². The molecule has 1 saturated heterocycles. The summed E-state index contributed by atoms with van der Waals surface area (Å²) in [7, 11) is 1.62. The van der Waals surface area contributed by atoms with Gasteiger partial charge < -0.3 is 19.0 Å². The average Bonchev–Trinajstić information content (AvgIpc) is 3.19. The van der Waals surface area contributed by atoms with Crippen molar-refractivity contribution in [1.29, 1.82) is 0 Å². The van der Waals surface area contributed by atoms with Crippen LogP contribution in [0.15, 0.2) is 59.0 Å². The first-order valence-corrected chi connectivity index (χ1v) is 10.2. The lowest BCUT2D eigenvalue weighted by molar-refractivity contribution is 0.0717. The van der Waals surface area contributed by atoms with Crippen molar-refractivity contribution in [3.8, 4) is 5.75 Å². The number of halogens is 1. The molecule has 30 heavy (non-hydrogen) atoms. The second kappa shape index (κ2) is 7.54. The predicted octanol–water partition coefficient (Wildman–Crippen LogP) is 4.61. The highest BCUT2D eigenvalue weighted by molar-refractivity contribution is 6.30. The Balaban J connectivity index is 1.35. The maximum absolute atomic E-state index is 13.0. The fourth-order valence-electron chi connectivity index (χ4n) is 3.83. The summed E-state index contributed by atoms with van der Waals surface area (Å²) in [6.07, 6.45) is 0. The van der Waals surface area contributed by atoms with Crippen molar-refractivity contribution in [1.82, 2.24) is 9.88 Å². The minimum atomic E-state index is -0.111. The third kappa shape index (κ3) is 3.44. The van der Waals surface area contributed by atoms with Crippen LogP contribution >= 0.6 is 11.6 Å². The van der Waals surface area contributed by atoms with Crippen LogP contribution in [0.25, 0.3) is 22.0 Å². The van der Waals surface area contributed by atoms with E-state index >= 15 is 0 Å². The van der Waals surface area contributed by atoms with Crippen LogP contribution < -0.4 is 9.64 Å². The van der Waals surface area contributed by atoms with Gasteiger partial charge in [-0.15, -0.1) is 0 Å². The van der Waals surface area contributed by atoms with Crippen LogP contribution in [0.1, 0.15) is 10.6 Å². The number of hydrogen-bond donors (Lipinski definition) is 0. The zero-order valence-electron chi connectivity index (χ0n) is 16.5. The summed E-state index contributed by atoms with van der Waals surface area (Å²) in [6.45, 7) is 2.73. The van der Waals surface area contributed by atoms with E-state index < -0.39 is 0 Å². The number of methoxy groups -OCH3 is 1. The molecule has 0 saturated carbocycles. The molecule has 0 bridgehead atoms. The van der Waals surface area contributed by atoms with Gasteiger partial charge in [-0.2, -0.15) is 0 Å². The van der Waals surface area contributed by atoms with E-state index in [4.69, 9.17) is 20.8 Å². The summed E-state index contributed by atoms with van der Waals surface area (Å²) < 4.78 is 11.1. The third-order valence-electron chi connectivity index (χ3n) is 5.46. The van der Waals surface area contributed by atoms with E-state index in [-0.39, 0.29) is 5.91 Å². The number of carbonyl (C=O) groups is 1. The van der Waals surface area contributed by atoms with Crippen molar-refractivity contribution < 1.29 is 13.9 Å². The molecule has 0 aliphatic carbocycles. The van der Waals surface area contributed by atoms with E-state index in [0.717, 1.165) is 40.8 Å². The number of carbonyl (C=O) groups excluding carboxylic acids is 1. The number of pyridine rings is 1. The van der Waals surface area contributed by atoms with Crippen molar-refractivity contribution in [2.24, 2.45) is 0 Å². The fraction of sp³-hybridized carbons (Fsp3) is 0.217. The number of rotatable bonds is 3. The third-order valence-corrected chi connectivity index (χ3v) is 5.70. The summed E-state index contributed by atoms with van der Waals surface area (Å²) in [6, 6.07) is 17.2. The molecule has 1 aliphatic rings. The number of nitrogens with zero attached hydrogens (tertiary/aromatic N) is 3. The molecule has 6 nitrogen and oxygen atoms in total. The molecule has 0 spiro atoms. The van der Waals surface area contributed by atoms with E-state index in [9.17, 15) is 4.79 Å². The van der Waals surface area contributed by atoms with E-state index in [0.29, 0.717) is 29.6 Å². The van der Waals surface area contributed by atoms with Gasteiger partial charge >= 0.3 is 0 Å². The lowest BCUT2D eigenvalue weighted by Gasteiger charge is -2.35. The number of anilines is 1. The quantitative estimate of drug-likeness (QED) is 0.483. The number of hydrogen-bond acceptors (Lipinski definition) is 5. The van der Waals surface area contributed by atoms with Crippen molar-refractivity contribution in [2.45, 2.75) is 0 Å². The summed E-state index contributed by atoms with van der Waals surface area (Å²) >= 11 is 6.10. The van der Waals surface area contributed by atoms with E-state index in [1.807, 2.05) is 53.4 Å². The average molecular weight is 422 g/mol. The van der Waals surface area contributed by atoms with Crippen molar-refractivity contribution >= 4 is 45.2 Å². The number of furan rings is 1. The molecule has 1 aliphatic heterocycles. The van der Waals surface area contributed by atoms with E-state index in [2.05, 4.69) is 9.88 Å². The summed E-state index contributed by atoms with van der Waals surface area (Å²) in [4.78, 5) is 21.6. The fourth-order valence-corrected chi connectivity index (χ4v) is 4.02. The van der Waals surface area contributed by atoms with Crippen LogP contribution in [0, 0.1) is 0 Å². The molecular weight excluding hydrogens is 402 g/mol. The van der Waals surface area contributed by atoms with Crippen LogP contribution in [-0.4, -0.2) is 49.1 Å². The van der Waals surface area contributed by atoms with Gasteiger partial charge in [0.2, 0.25) is 5.71 Å². The monoisotopic (exact) mass is 421 g/mol. The molecule has 7 heteroatoms. The minimum absolute atomic E-state index is 0.111. The Hall–Kier alpha value is -3.25. The molecule has 0 N–H and O–H groups in total. The molecular formula is C23H20ClN3O3. The number of piperazine rings is 1. The molecule has 5 rings (SSSR count). The van der Waals surface area contributed by atoms with Gasteiger partial charge in [-0.1, -0.05) is 17.7 Å². The second-order valence-electron chi connectivity index (χ2n) is 7.31. The van der Waals surface area contributed by atoms with Gasteiger partial charge in [0.1, 0.15) is 5.75 Å². The Kier molecular flexibility index (Phi) is 4.71. The summed E-state index contributed by atoms with van der Waals surface area (Å²) in [5, 5.41) is 2.50. The zero-order valence-corrected chi connectivity index (χ0v) is 17.2. The number of benzene rings is 2. The molecule has 3 heterocycles. The van der Waals surface area contributed by atoms with Gasteiger partial charge in [-0.3, -0.25) is 4.79 Å². The van der Waals surface area contributed by atoms with Gasteiger partial charge in [0.15, 0.2) is 5.76 Å². The molecule has 2 aromatic carbocycles. The normalized spacial score (nSPS) is 14.5. The first-order chi connectivity index (χ1) is 14.6. The van der Waals surface area contributed by atoms with Crippen LogP contribution in [0.2, 0.25) is 5.02 Å². The van der Waals surface area contributed by atoms with E-state index in [1.54, 1.807) is 13.2 Å². The van der Waals surface area contributed by atoms with Crippen LogP contribution in [0.4, 0.5) is 5.69 Å². The van der Waals surface area contributed by atoms with Crippen molar-refractivity contribution in [2.75, 3.05) is 38.2 Å².